The third-order valence-electron chi connectivity index (χ3n) is 5.98. The minimum Gasteiger partial charge on any atom is -0.507 e. The summed E-state index contributed by atoms with van der Waals surface area (Å²) in [5.74, 6) is -1.62. The van der Waals surface area contributed by atoms with E-state index in [1.165, 1.54) is 19.1 Å². The SMILES string of the molecule is COC(=O)c1ccc(C2/C(=C(\O)c3ccc(OC)cc3)C(=O)C(=O)N2CC2CCCO2)cc1. The van der Waals surface area contributed by atoms with E-state index in [0.717, 1.165) is 12.8 Å². The molecule has 0 bridgehead atoms. The number of hydrogen-bond donors (Lipinski definition) is 1. The Kier molecular flexibility index (Phi) is 6.46. The molecule has 2 unspecified atom stereocenters. The van der Waals surface area contributed by atoms with Gasteiger partial charge in [-0.15, -0.1) is 0 Å². The van der Waals surface area contributed by atoms with Crippen LogP contribution in [-0.4, -0.2) is 61.1 Å². The number of benzene rings is 2. The number of ketones is 1. The summed E-state index contributed by atoms with van der Waals surface area (Å²) in [4.78, 5) is 39.4. The van der Waals surface area contributed by atoms with Gasteiger partial charge in [-0.2, -0.15) is 0 Å². The molecule has 2 aliphatic rings. The van der Waals surface area contributed by atoms with Gasteiger partial charge < -0.3 is 24.2 Å². The fourth-order valence-electron chi connectivity index (χ4n) is 4.25. The lowest BCUT2D eigenvalue weighted by Gasteiger charge is -2.27. The molecule has 172 valence electrons. The molecule has 2 aromatic carbocycles. The van der Waals surface area contributed by atoms with Crippen molar-refractivity contribution >= 4 is 23.4 Å². The third kappa shape index (κ3) is 4.34. The van der Waals surface area contributed by atoms with Gasteiger partial charge in [-0.3, -0.25) is 9.59 Å². The summed E-state index contributed by atoms with van der Waals surface area (Å²) in [6, 6.07) is 12.2. The minimum absolute atomic E-state index is 0.00557. The van der Waals surface area contributed by atoms with E-state index in [4.69, 9.17) is 14.2 Å². The van der Waals surface area contributed by atoms with Gasteiger partial charge in [0.25, 0.3) is 11.7 Å². The van der Waals surface area contributed by atoms with Crippen LogP contribution in [-0.2, 0) is 19.1 Å². The van der Waals surface area contributed by atoms with Crippen LogP contribution >= 0.6 is 0 Å². The minimum atomic E-state index is -0.817. The Morgan fingerprint density at radius 1 is 1.06 bits per heavy atom. The summed E-state index contributed by atoms with van der Waals surface area (Å²) < 4.78 is 15.6. The number of hydrogen-bond acceptors (Lipinski definition) is 7. The number of aliphatic hydroxyl groups excluding tert-OH is 1. The van der Waals surface area contributed by atoms with Crippen LogP contribution in [0.4, 0.5) is 0 Å². The Morgan fingerprint density at radius 3 is 2.30 bits per heavy atom. The number of Topliss-reactive ketones (excluding diaryl/α,β-unsaturated/α-hetero) is 1. The van der Waals surface area contributed by atoms with Crippen molar-refractivity contribution in [1.82, 2.24) is 4.90 Å². The normalized spacial score (nSPS) is 21.9. The lowest BCUT2D eigenvalue weighted by Crippen LogP contribution is -2.36. The van der Waals surface area contributed by atoms with Gasteiger partial charge in [0, 0.05) is 18.7 Å². The zero-order chi connectivity index (χ0) is 23.5. The largest absolute Gasteiger partial charge is 0.507 e. The summed E-state index contributed by atoms with van der Waals surface area (Å²) in [6.07, 6.45) is 1.50. The molecule has 0 aliphatic carbocycles. The maximum absolute atomic E-state index is 13.1. The molecule has 2 fully saturated rings. The van der Waals surface area contributed by atoms with Crippen molar-refractivity contribution in [3.05, 3.63) is 70.8 Å². The molecule has 0 radical (unpaired) electrons. The highest BCUT2D eigenvalue weighted by molar-refractivity contribution is 6.46. The standard InChI is InChI=1S/C25H25NO7/c1-31-18-11-9-16(10-12-18)22(27)20-21(15-5-7-17(8-6-15)25(30)32-2)26(24(29)23(20)28)14-19-4-3-13-33-19/h5-12,19,21,27H,3-4,13-14H2,1-2H3/b22-20+. The molecule has 2 atom stereocenters. The Hall–Kier alpha value is -3.65. The van der Waals surface area contributed by atoms with Crippen molar-refractivity contribution in [1.29, 1.82) is 0 Å². The molecule has 2 aliphatic heterocycles. The van der Waals surface area contributed by atoms with Crippen LogP contribution < -0.4 is 4.74 Å². The van der Waals surface area contributed by atoms with Gasteiger partial charge in [-0.05, 0) is 54.8 Å². The number of esters is 1. The predicted molar refractivity (Wildman–Crippen MR) is 119 cm³/mol. The zero-order valence-corrected chi connectivity index (χ0v) is 18.4. The Morgan fingerprint density at radius 2 is 1.73 bits per heavy atom. The van der Waals surface area contributed by atoms with Crippen molar-refractivity contribution in [2.75, 3.05) is 27.4 Å². The monoisotopic (exact) mass is 451 g/mol. The number of carbonyl (C=O) groups is 3. The molecule has 8 nitrogen and oxygen atoms in total. The molecule has 2 heterocycles. The summed E-state index contributed by atoms with van der Waals surface area (Å²) >= 11 is 0. The molecule has 1 N–H and O–H groups in total. The summed E-state index contributed by atoms with van der Waals surface area (Å²) in [6.45, 7) is 0.840. The van der Waals surface area contributed by atoms with Crippen molar-refractivity contribution in [3.63, 3.8) is 0 Å². The van der Waals surface area contributed by atoms with Gasteiger partial charge in [-0.1, -0.05) is 12.1 Å². The first kappa shape index (κ1) is 22.5. The molecular weight excluding hydrogens is 426 g/mol. The number of ether oxygens (including phenoxy) is 3. The van der Waals surface area contributed by atoms with Gasteiger partial charge in [0.15, 0.2) is 0 Å². The Balaban J connectivity index is 1.79. The second-order valence-electron chi connectivity index (χ2n) is 7.93. The molecule has 0 aromatic heterocycles. The maximum atomic E-state index is 13.1. The number of amides is 1. The van der Waals surface area contributed by atoms with Crippen molar-refractivity contribution in [3.8, 4) is 5.75 Å². The Bertz CT molecular complexity index is 1080. The van der Waals surface area contributed by atoms with Gasteiger partial charge in [0.05, 0.1) is 37.5 Å². The smallest absolute Gasteiger partial charge is 0.337 e. The average Bonchev–Trinajstić information content (AvgIpc) is 3.45. The van der Waals surface area contributed by atoms with E-state index in [1.54, 1.807) is 48.5 Å². The number of carbonyl (C=O) groups excluding carboxylic acids is 3. The molecule has 0 saturated carbocycles. The van der Waals surface area contributed by atoms with Gasteiger partial charge >= 0.3 is 5.97 Å². The fourth-order valence-corrected chi connectivity index (χ4v) is 4.25. The zero-order valence-electron chi connectivity index (χ0n) is 18.4. The van der Waals surface area contributed by atoms with E-state index in [0.29, 0.717) is 29.0 Å². The molecule has 4 rings (SSSR count). The van der Waals surface area contributed by atoms with Crippen LogP contribution in [0, 0.1) is 0 Å². The second-order valence-corrected chi connectivity index (χ2v) is 7.93. The van der Waals surface area contributed by atoms with Crippen LogP contribution in [0.15, 0.2) is 54.1 Å². The van der Waals surface area contributed by atoms with Gasteiger partial charge in [0.1, 0.15) is 11.5 Å². The lowest BCUT2D eigenvalue weighted by molar-refractivity contribution is -0.140. The number of nitrogens with zero attached hydrogens (tertiary/aromatic N) is 1. The van der Waals surface area contributed by atoms with Crippen LogP contribution in [0.1, 0.15) is 40.4 Å². The van der Waals surface area contributed by atoms with Gasteiger partial charge in [-0.25, -0.2) is 4.79 Å². The highest BCUT2D eigenvalue weighted by atomic mass is 16.5. The number of methoxy groups -OCH3 is 2. The van der Waals surface area contributed by atoms with Crippen LogP contribution in [0.3, 0.4) is 0 Å². The van der Waals surface area contributed by atoms with Crippen LogP contribution in [0.25, 0.3) is 5.76 Å². The number of aliphatic hydroxyl groups is 1. The molecule has 33 heavy (non-hydrogen) atoms. The van der Waals surface area contributed by atoms with Crippen molar-refractivity contribution < 1.29 is 33.7 Å². The molecule has 0 spiro atoms. The van der Waals surface area contributed by atoms with E-state index < -0.39 is 23.7 Å². The fraction of sp³-hybridized carbons (Fsp3) is 0.320. The lowest BCUT2D eigenvalue weighted by atomic mass is 9.94. The predicted octanol–water partition coefficient (Wildman–Crippen LogP) is 3.08. The first-order chi connectivity index (χ1) is 15.9. The van der Waals surface area contributed by atoms with E-state index >= 15 is 0 Å². The van der Waals surface area contributed by atoms with E-state index in [2.05, 4.69) is 0 Å². The topological polar surface area (TPSA) is 102 Å². The average molecular weight is 451 g/mol. The molecule has 2 aromatic rings. The van der Waals surface area contributed by atoms with E-state index in [1.807, 2.05) is 0 Å². The van der Waals surface area contributed by atoms with Crippen LogP contribution in [0.5, 0.6) is 5.75 Å². The van der Waals surface area contributed by atoms with Crippen molar-refractivity contribution in [2.24, 2.45) is 0 Å². The highest BCUT2D eigenvalue weighted by Crippen LogP contribution is 2.40. The summed E-state index contributed by atoms with van der Waals surface area (Å²) in [7, 11) is 2.82. The van der Waals surface area contributed by atoms with Crippen LogP contribution in [0.2, 0.25) is 0 Å². The molecule has 1 amide bonds. The second kappa shape index (κ2) is 9.46. The van der Waals surface area contributed by atoms with E-state index in [-0.39, 0.29) is 24.0 Å². The molecule has 8 heteroatoms. The Labute approximate surface area is 191 Å². The maximum Gasteiger partial charge on any atom is 0.337 e. The third-order valence-corrected chi connectivity index (χ3v) is 5.98. The first-order valence-electron chi connectivity index (χ1n) is 10.7. The quantitative estimate of drug-likeness (QED) is 0.312. The first-order valence-corrected chi connectivity index (χ1v) is 10.7. The number of rotatable bonds is 6. The summed E-state index contributed by atoms with van der Waals surface area (Å²) in [5, 5.41) is 11.1. The molecule has 2 saturated heterocycles. The van der Waals surface area contributed by atoms with E-state index in [9.17, 15) is 19.5 Å². The van der Waals surface area contributed by atoms with Gasteiger partial charge in [0.2, 0.25) is 0 Å². The highest BCUT2D eigenvalue weighted by Gasteiger charge is 2.47. The molecular formula is C25H25NO7. The van der Waals surface area contributed by atoms with Crippen molar-refractivity contribution in [2.45, 2.75) is 25.0 Å². The number of likely N-dealkylation sites (tertiary alicyclic amines) is 1. The summed E-state index contributed by atoms with van der Waals surface area (Å²) in [5.41, 5.74) is 1.32.